The van der Waals surface area contributed by atoms with Crippen molar-refractivity contribution in [3.63, 3.8) is 0 Å². The predicted molar refractivity (Wildman–Crippen MR) is 130 cm³/mol. The van der Waals surface area contributed by atoms with Crippen molar-refractivity contribution < 1.29 is 0 Å². The van der Waals surface area contributed by atoms with Crippen LogP contribution in [-0.4, -0.2) is 9.97 Å². The number of nitrogens with zero attached hydrogens (tertiary/aromatic N) is 2. The molecule has 0 aliphatic carbocycles. The Morgan fingerprint density at radius 3 is 1.87 bits per heavy atom. The van der Waals surface area contributed by atoms with E-state index in [1.54, 1.807) is 0 Å². The van der Waals surface area contributed by atoms with Crippen molar-refractivity contribution in [2.24, 2.45) is 0 Å². The van der Waals surface area contributed by atoms with Crippen LogP contribution >= 0.6 is 0 Å². The molecule has 0 saturated heterocycles. The lowest BCUT2D eigenvalue weighted by Gasteiger charge is -2.29. The van der Waals surface area contributed by atoms with Gasteiger partial charge in [0.25, 0.3) is 0 Å². The minimum absolute atomic E-state index is 0.0378. The molecule has 0 aliphatic rings. The zero-order valence-corrected chi connectivity index (χ0v) is 19.1. The second kappa shape index (κ2) is 8.11. The second-order valence-corrected chi connectivity index (χ2v) is 9.66. The molecule has 4 aromatic rings. The molecule has 0 fully saturated rings. The number of rotatable bonds is 4. The molecule has 0 spiro atoms. The Morgan fingerprint density at radius 1 is 0.548 bits per heavy atom. The molecule has 31 heavy (non-hydrogen) atoms. The molecular weight excluding hydrogens is 376 g/mol. The van der Waals surface area contributed by atoms with Gasteiger partial charge in [-0.15, -0.1) is 0 Å². The summed E-state index contributed by atoms with van der Waals surface area (Å²) in [4.78, 5) is 9.44. The molecule has 0 aliphatic heterocycles. The summed E-state index contributed by atoms with van der Waals surface area (Å²) in [5, 5.41) is 0. The van der Waals surface area contributed by atoms with Gasteiger partial charge in [-0.2, -0.15) is 0 Å². The van der Waals surface area contributed by atoms with Crippen LogP contribution in [0.3, 0.4) is 0 Å². The molecule has 0 bridgehead atoms. The van der Waals surface area contributed by atoms with Crippen molar-refractivity contribution in [3.05, 3.63) is 108 Å². The van der Waals surface area contributed by atoms with Crippen LogP contribution in [0.5, 0.6) is 0 Å². The fourth-order valence-corrected chi connectivity index (χ4v) is 3.84. The summed E-state index contributed by atoms with van der Waals surface area (Å²) in [6.45, 7) is 11.4. The third-order valence-corrected chi connectivity index (χ3v) is 5.99. The van der Waals surface area contributed by atoms with Crippen molar-refractivity contribution in [2.75, 3.05) is 0 Å². The van der Waals surface area contributed by atoms with Crippen LogP contribution in [0.2, 0.25) is 0 Å². The van der Waals surface area contributed by atoms with E-state index in [1.165, 1.54) is 16.7 Å². The maximum absolute atomic E-state index is 4.97. The van der Waals surface area contributed by atoms with Gasteiger partial charge < -0.3 is 0 Å². The summed E-state index contributed by atoms with van der Waals surface area (Å²) in [5.74, 6) is 0. The van der Waals surface area contributed by atoms with Crippen LogP contribution < -0.4 is 0 Å². The predicted octanol–water partition coefficient (Wildman–Crippen LogP) is 7.43. The standard InChI is InChI=1S/C29H30N2/c1-28(2,3)23-18-21(19-24(20-23)29(4,5)22-12-7-6-8-13-22)25-15-11-16-27(31-25)26-14-9-10-17-30-26/h6-20H,1-5H3. The zero-order valence-electron chi connectivity index (χ0n) is 19.1. The first-order chi connectivity index (χ1) is 14.7. The Balaban J connectivity index is 1.87. The highest BCUT2D eigenvalue weighted by Crippen LogP contribution is 2.37. The smallest absolute Gasteiger partial charge is 0.0893 e. The van der Waals surface area contributed by atoms with Crippen molar-refractivity contribution in [1.29, 1.82) is 0 Å². The molecule has 0 radical (unpaired) electrons. The van der Waals surface area contributed by atoms with Gasteiger partial charge in [0, 0.05) is 17.2 Å². The SMILES string of the molecule is CC(C)(C)c1cc(-c2cccc(-c3ccccn3)n2)cc(C(C)(C)c2ccccc2)c1. The van der Waals surface area contributed by atoms with Gasteiger partial charge in [0.15, 0.2) is 0 Å². The van der Waals surface area contributed by atoms with Gasteiger partial charge in [-0.05, 0) is 58.5 Å². The van der Waals surface area contributed by atoms with Crippen molar-refractivity contribution >= 4 is 0 Å². The number of pyridine rings is 2. The van der Waals surface area contributed by atoms with Crippen LogP contribution in [0, 0.1) is 0 Å². The molecule has 2 heterocycles. The summed E-state index contributed by atoms with van der Waals surface area (Å²) < 4.78 is 0. The van der Waals surface area contributed by atoms with Crippen LogP contribution in [0.1, 0.15) is 51.3 Å². The average molecular weight is 407 g/mol. The molecule has 2 aromatic carbocycles. The maximum atomic E-state index is 4.97. The van der Waals surface area contributed by atoms with E-state index in [0.29, 0.717) is 0 Å². The van der Waals surface area contributed by atoms with E-state index in [9.17, 15) is 0 Å². The van der Waals surface area contributed by atoms with Gasteiger partial charge in [0.2, 0.25) is 0 Å². The quantitative estimate of drug-likeness (QED) is 0.352. The number of benzene rings is 2. The highest BCUT2D eigenvalue weighted by atomic mass is 14.8. The number of aromatic nitrogens is 2. The summed E-state index contributed by atoms with van der Waals surface area (Å²) in [6, 6.07) is 29.8. The normalized spacial score (nSPS) is 12.0. The highest BCUT2D eigenvalue weighted by molar-refractivity contribution is 5.67. The molecule has 2 nitrogen and oxygen atoms in total. The van der Waals surface area contributed by atoms with Gasteiger partial charge in [-0.25, -0.2) is 4.98 Å². The fraction of sp³-hybridized carbons (Fsp3) is 0.241. The van der Waals surface area contributed by atoms with Gasteiger partial charge in [0.05, 0.1) is 17.1 Å². The zero-order chi connectivity index (χ0) is 22.1. The Kier molecular flexibility index (Phi) is 5.49. The minimum atomic E-state index is -0.115. The summed E-state index contributed by atoms with van der Waals surface area (Å²) in [5.41, 5.74) is 7.74. The topological polar surface area (TPSA) is 25.8 Å². The number of hydrogen-bond acceptors (Lipinski definition) is 2. The van der Waals surface area contributed by atoms with E-state index in [1.807, 2.05) is 30.5 Å². The Hall–Kier alpha value is -3.26. The summed E-state index contributed by atoms with van der Waals surface area (Å²) >= 11 is 0. The highest BCUT2D eigenvalue weighted by Gasteiger charge is 2.26. The van der Waals surface area contributed by atoms with Crippen LogP contribution in [-0.2, 0) is 10.8 Å². The van der Waals surface area contributed by atoms with Gasteiger partial charge in [-0.1, -0.05) is 83.1 Å². The molecule has 0 saturated carbocycles. The van der Waals surface area contributed by atoms with Crippen molar-refractivity contribution in [2.45, 2.75) is 45.4 Å². The summed E-state index contributed by atoms with van der Waals surface area (Å²) in [7, 11) is 0. The van der Waals surface area contributed by atoms with E-state index in [2.05, 4.69) is 100 Å². The second-order valence-electron chi connectivity index (χ2n) is 9.66. The molecule has 2 heteroatoms. The lowest BCUT2D eigenvalue weighted by atomic mass is 9.74. The van der Waals surface area contributed by atoms with Crippen LogP contribution in [0.15, 0.2) is 91.1 Å². The van der Waals surface area contributed by atoms with Gasteiger partial charge >= 0.3 is 0 Å². The van der Waals surface area contributed by atoms with E-state index in [0.717, 1.165) is 22.6 Å². The molecule has 0 atom stereocenters. The van der Waals surface area contributed by atoms with E-state index >= 15 is 0 Å². The van der Waals surface area contributed by atoms with Crippen molar-refractivity contribution in [1.82, 2.24) is 9.97 Å². The molecule has 0 unspecified atom stereocenters. The Labute approximate surface area is 186 Å². The average Bonchev–Trinajstić information content (AvgIpc) is 2.79. The summed E-state index contributed by atoms with van der Waals surface area (Å²) in [6.07, 6.45) is 1.81. The van der Waals surface area contributed by atoms with E-state index in [-0.39, 0.29) is 10.8 Å². The third-order valence-electron chi connectivity index (χ3n) is 5.99. The molecule has 0 N–H and O–H groups in total. The van der Waals surface area contributed by atoms with E-state index in [4.69, 9.17) is 4.98 Å². The Morgan fingerprint density at radius 2 is 1.19 bits per heavy atom. The monoisotopic (exact) mass is 406 g/mol. The van der Waals surface area contributed by atoms with Crippen molar-refractivity contribution in [3.8, 4) is 22.6 Å². The Bertz CT molecular complexity index is 1170. The van der Waals surface area contributed by atoms with Gasteiger partial charge in [0.1, 0.15) is 0 Å². The van der Waals surface area contributed by atoms with E-state index < -0.39 is 0 Å². The molecule has 156 valence electrons. The first kappa shape index (κ1) is 21.0. The maximum Gasteiger partial charge on any atom is 0.0893 e. The van der Waals surface area contributed by atoms with Crippen LogP contribution in [0.25, 0.3) is 22.6 Å². The first-order valence-electron chi connectivity index (χ1n) is 10.9. The number of hydrogen-bond donors (Lipinski definition) is 0. The lowest BCUT2D eigenvalue weighted by Crippen LogP contribution is -2.21. The molecule has 2 aromatic heterocycles. The van der Waals surface area contributed by atoms with Gasteiger partial charge in [-0.3, -0.25) is 4.98 Å². The fourth-order valence-electron chi connectivity index (χ4n) is 3.84. The third kappa shape index (κ3) is 4.44. The largest absolute Gasteiger partial charge is 0.255 e. The van der Waals surface area contributed by atoms with Crippen LogP contribution in [0.4, 0.5) is 0 Å². The molecule has 4 rings (SSSR count). The minimum Gasteiger partial charge on any atom is -0.255 e. The molecular formula is C29H30N2. The molecule has 0 amide bonds. The first-order valence-corrected chi connectivity index (χ1v) is 10.9. The lowest BCUT2D eigenvalue weighted by molar-refractivity contribution is 0.582.